The number of hydrogen-bond acceptors (Lipinski definition) is 5. The Balaban J connectivity index is 1.75. The molecule has 170 valence electrons. The molecule has 0 fully saturated rings. The fourth-order valence-corrected chi connectivity index (χ4v) is 4.81. The van der Waals surface area contributed by atoms with Gasteiger partial charge in [-0.2, -0.15) is 0 Å². The second-order valence-electron chi connectivity index (χ2n) is 7.19. The molecule has 1 aliphatic heterocycles. The number of carbonyl (C=O) groups excluding carboxylic acids is 2. The molecule has 2 amide bonds. The van der Waals surface area contributed by atoms with Gasteiger partial charge >= 0.3 is 0 Å². The van der Waals surface area contributed by atoms with Crippen molar-refractivity contribution in [3.63, 3.8) is 0 Å². The first-order valence-corrected chi connectivity index (χ1v) is 12.1. The molecule has 11 heteroatoms. The van der Waals surface area contributed by atoms with Crippen LogP contribution in [0, 0.1) is 0 Å². The molecule has 0 aliphatic carbocycles. The molecule has 1 atom stereocenters. The molecule has 8 nitrogen and oxygen atoms in total. The van der Waals surface area contributed by atoms with Crippen molar-refractivity contribution in [2.75, 3.05) is 18.4 Å². The summed E-state index contributed by atoms with van der Waals surface area (Å²) in [4.78, 5) is 31.3. The number of benzene rings is 2. The van der Waals surface area contributed by atoms with E-state index in [-0.39, 0.29) is 17.3 Å². The Morgan fingerprint density at radius 2 is 1.91 bits per heavy atom. The zero-order valence-electron chi connectivity index (χ0n) is 17.4. The minimum atomic E-state index is -3.71. The first-order chi connectivity index (χ1) is 15.1. The Kier molecular flexibility index (Phi) is 7.43. The van der Waals surface area contributed by atoms with Gasteiger partial charge in [-0.05, 0) is 43.7 Å². The average molecular weight is 497 g/mol. The van der Waals surface area contributed by atoms with Gasteiger partial charge < -0.3 is 10.2 Å². The summed E-state index contributed by atoms with van der Waals surface area (Å²) in [6.07, 6.45) is 0.621. The lowest BCUT2D eigenvalue weighted by molar-refractivity contribution is -0.135. The highest BCUT2D eigenvalue weighted by Gasteiger charge is 2.32. The predicted molar refractivity (Wildman–Crippen MR) is 125 cm³/mol. The summed E-state index contributed by atoms with van der Waals surface area (Å²) in [5.41, 5.74) is 0.751. The van der Waals surface area contributed by atoms with Gasteiger partial charge in [-0.25, -0.2) is 8.42 Å². The fourth-order valence-electron chi connectivity index (χ4n) is 3.24. The lowest BCUT2D eigenvalue weighted by Crippen LogP contribution is -2.43. The van der Waals surface area contributed by atoms with E-state index in [1.807, 2.05) is 6.92 Å². The van der Waals surface area contributed by atoms with Gasteiger partial charge in [0.05, 0.1) is 22.2 Å². The van der Waals surface area contributed by atoms with E-state index in [4.69, 9.17) is 23.2 Å². The molecule has 32 heavy (non-hydrogen) atoms. The van der Waals surface area contributed by atoms with Gasteiger partial charge in [-0.1, -0.05) is 42.3 Å². The van der Waals surface area contributed by atoms with Gasteiger partial charge in [0.15, 0.2) is 0 Å². The van der Waals surface area contributed by atoms with E-state index in [0.717, 1.165) is 0 Å². The fraction of sp³-hybridized carbons (Fsp3) is 0.286. The van der Waals surface area contributed by atoms with Gasteiger partial charge in [0, 0.05) is 17.1 Å². The molecule has 2 aromatic carbocycles. The number of hydrogen-bond donors (Lipinski definition) is 2. The number of amidine groups is 1. The summed E-state index contributed by atoms with van der Waals surface area (Å²) in [6, 6.07) is 10.2. The normalized spacial score (nSPS) is 16.2. The van der Waals surface area contributed by atoms with Crippen molar-refractivity contribution in [2.45, 2.75) is 31.2 Å². The van der Waals surface area contributed by atoms with Crippen LogP contribution < -0.4 is 10.0 Å². The van der Waals surface area contributed by atoms with Crippen LogP contribution in [-0.4, -0.2) is 50.1 Å². The molecular weight excluding hydrogens is 475 g/mol. The molecule has 1 aliphatic rings. The summed E-state index contributed by atoms with van der Waals surface area (Å²) < 4.78 is 26.9. The lowest BCUT2D eigenvalue weighted by atomic mass is 10.2. The van der Waals surface area contributed by atoms with E-state index in [9.17, 15) is 18.0 Å². The molecule has 0 unspecified atom stereocenters. The molecule has 2 N–H and O–H groups in total. The van der Waals surface area contributed by atoms with E-state index >= 15 is 0 Å². The quantitative estimate of drug-likeness (QED) is 0.612. The van der Waals surface area contributed by atoms with E-state index < -0.39 is 27.9 Å². The third-order valence-corrected chi connectivity index (χ3v) is 6.65. The number of fused-ring (bicyclic) bond motifs is 1. The Hall–Kier alpha value is -2.62. The van der Waals surface area contributed by atoms with Gasteiger partial charge in [-0.15, -0.1) is 0 Å². The van der Waals surface area contributed by atoms with Crippen LogP contribution in [0.3, 0.4) is 0 Å². The van der Waals surface area contributed by atoms with Gasteiger partial charge in [0.2, 0.25) is 11.8 Å². The highest BCUT2D eigenvalue weighted by molar-refractivity contribution is 7.90. The second-order valence-corrected chi connectivity index (χ2v) is 9.68. The zero-order chi connectivity index (χ0) is 23.5. The van der Waals surface area contributed by atoms with Crippen LogP contribution in [0.2, 0.25) is 10.0 Å². The predicted octanol–water partition coefficient (Wildman–Crippen LogP) is 3.30. The van der Waals surface area contributed by atoms with Crippen LogP contribution in [0.25, 0.3) is 0 Å². The number of amides is 2. The molecule has 0 radical (unpaired) electrons. The summed E-state index contributed by atoms with van der Waals surface area (Å²) >= 11 is 12.0. The standard InChI is InChI=1S/C21H22Cl2N4O4S/c1-3-10-27(12-19(28)25-17-11-14(22)8-9-16(17)23)21(29)13(2)24-20-15-6-4-5-7-18(15)32(30,31)26-20/h4-9,11,13H,3,10,12H2,1-2H3,(H,24,26)(H,25,28)/t13-/m0/s1. The lowest BCUT2D eigenvalue weighted by Gasteiger charge is -2.24. The first kappa shape index (κ1) is 24.0. The van der Waals surface area contributed by atoms with Gasteiger partial charge in [0.25, 0.3) is 10.0 Å². The summed E-state index contributed by atoms with van der Waals surface area (Å²) in [6.45, 7) is 3.54. The molecule has 0 aromatic heterocycles. The second kappa shape index (κ2) is 9.89. The SMILES string of the molecule is CCCN(CC(=O)Nc1cc(Cl)ccc1Cl)C(=O)[C@H](C)N=C1NS(=O)(=O)c2ccccc21. The minimum Gasteiger partial charge on any atom is -0.332 e. The molecule has 0 bridgehead atoms. The van der Waals surface area contributed by atoms with E-state index in [1.165, 1.54) is 17.0 Å². The third-order valence-electron chi connectivity index (χ3n) is 4.69. The summed E-state index contributed by atoms with van der Waals surface area (Å²) in [5, 5.41) is 3.39. The highest BCUT2D eigenvalue weighted by atomic mass is 35.5. The third kappa shape index (κ3) is 5.40. The number of nitrogens with zero attached hydrogens (tertiary/aromatic N) is 2. The van der Waals surface area contributed by atoms with Crippen molar-refractivity contribution in [2.24, 2.45) is 4.99 Å². The number of halogens is 2. The van der Waals surface area contributed by atoms with E-state index in [2.05, 4.69) is 15.0 Å². The summed E-state index contributed by atoms with van der Waals surface area (Å²) in [7, 11) is -3.71. The average Bonchev–Trinajstić information content (AvgIpc) is 3.00. The first-order valence-electron chi connectivity index (χ1n) is 9.86. The van der Waals surface area contributed by atoms with Crippen LogP contribution in [0.1, 0.15) is 25.8 Å². The van der Waals surface area contributed by atoms with Crippen molar-refractivity contribution >= 4 is 56.6 Å². The molecule has 3 rings (SSSR count). The number of aliphatic imine (C=N–C) groups is 1. The minimum absolute atomic E-state index is 0.105. The van der Waals surface area contributed by atoms with Gasteiger partial charge in [0.1, 0.15) is 11.9 Å². The number of rotatable bonds is 7. The number of carbonyl (C=O) groups is 2. The van der Waals surface area contributed by atoms with Crippen LogP contribution >= 0.6 is 23.2 Å². The van der Waals surface area contributed by atoms with Crippen LogP contribution in [0.4, 0.5) is 5.69 Å². The Labute approximate surface area is 196 Å². The smallest absolute Gasteiger partial charge is 0.263 e. The molecule has 1 heterocycles. The Morgan fingerprint density at radius 3 is 2.62 bits per heavy atom. The van der Waals surface area contributed by atoms with Crippen LogP contribution in [-0.2, 0) is 19.6 Å². The molecule has 2 aromatic rings. The van der Waals surface area contributed by atoms with Crippen molar-refractivity contribution in [1.82, 2.24) is 9.62 Å². The van der Waals surface area contributed by atoms with E-state index in [1.54, 1.807) is 37.3 Å². The number of sulfonamides is 1. The largest absolute Gasteiger partial charge is 0.332 e. The maximum Gasteiger partial charge on any atom is 0.263 e. The van der Waals surface area contributed by atoms with Crippen molar-refractivity contribution in [1.29, 1.82) is 0 Å². The highest BCUT2D eigenvalue weighted by Crippen LogP contribution is 2.25. The summed E-state index contributed by atoms with van der Waals surface area (Å²) in [5.74, 6) is -0.744. The monoisotopic (exact) mass is 496 g/mol. The Bertz CT molecular complexity index is 1180. The van der Waals surface area contributed by atoms with Crippen LogP contribution in [0.5, 0.6) is 0 Å². The molecule has 0 spiro atoms. The number of nitrogens with one attached hydrogen (secondary N) is 2. The molecule has 0 saturated heterocycles. The van der Waals surface area contributed by atoms with Crippen molar-refractivity contribution in [3.05, 3.63) is 58.1 Å². The maximum atomic E-state index is 13.0. The van der Waals surface area contributed by atoms with Gasteiger partial charge in [-0.3, -0.25) is 19.3 Å². The maximum absolute atomic E-state index is 13.0. The topological polar surface area (TPSA) is 108 Å². The Morgan fingerprint density at radius 1 is 1.19 bits per heavy atom. The van der Waals surface area contributed by atoms with Crippen LogP contribution in [0.15, 0.2) is 52.4 Å². The van der Waals surface area contributed by atoms with Crippen molar-refractivity contribution < 1.29 is 18.0 Å². The number of anilines is 1. The molecular formula is C21H22Cl2N4O4S. The molecule has 0 saturated carbocycles. The zero-order valence-corrected chi connectivity index (χ0v) is 19.8. The van der Waals surface area contributed by atoms with E-state index in [0.29, 0.717) is 34.3 Å². The van der Waals surface area contributed by atoms with Crippen molar-refractivity contribution in [3.8, 4) is 0 Å².